The molecule has 0 unspecified atom stereocenters. The van der Waals surface area contributed by atoms with Crippen LogP contribution >= 0.6 is 0 Å². The van der Waals surface area contributed by atoms with Gasteiger partial charge < -0.3 is 4.98 Å². The van der Waals surface area contributed by atoms with Crippen LogP contribution in [0.3, 0.4) is 0 Å². The third-order valence-corrected chi connectivity index (χ3v) is 3.54. The van der Waals surface area contributed by atoms with E-state index in [2.05, 4.69) is 33.4 Å². The van der Waals surface area contributed by atoms with Crippen LogP contribution in [0, 0.1) is 0 Å². The molecular weight excluding hydrogens is 258 g/mol. The van der Waals surface area contributed by atoms with E-state index in [0.29, 0.717) is 0 Å². The average Bonchev–Trinajstić information content (AvgIpc) is 2.93. The second-order valence-corrected chi connectivity index (χ2v) is 4.91. The van der Waals surface area contributed by atoms with Crippen molar-refractivity contribution < 1.29 is 0 Å². The van der Waals surface area contributed by atoms with Crippen LogP contribution < -0.4 is 0 Å². The Bertz CT molecular complexity index is 936. The molecule has 0 aliphatic carbocycles. The average molecular weight is 271 g/mol. The molecule has 3 nitrogen and oxygen atoms in total. The molecule has 3 heteroatoms. The number of azo groups is 1. The van der Waals surface area contributed by atoms with Crippen molar-refractivity contribution in [3.8, 4) is 0 Å². The summed E-state index contributed by atoms with van der Waals surface area (Å²) in [6, 6.07) is 24.1. The van der Waals surface area contributed by atoms with Gasteiger partial charge in [0.2, 0.25) is 0 Å². The van der Waals surface area contributed by atoms with E-state index < -0.39 is 0 Å². The maximum absolute atomic E-state index is 4.43. The van der Waals surface area contributed by atoms with E-state index in [1.807, 2.05) is 54.6 Å². The first-order chi connectivity index (χ1) is 10.4. The van der Waals surface area contributed by atoms with Crippen LogP contribution in [0.5, 0.6) is 0 Å². The van der Waals surface area contributed by atoms with Crippen molar-refractivity contribution in [1.29, 1.82) is 0 Å². The Kier molecular flexibility index (Phi) is 2.75. The molecule has 1 heterocycles. The fourth-order valence-electron chi connectivity index (χ4n) is 2.57. The maximum Gasteiger partial charge on any atom is 0.0957 e. The maximum atomic E-state index is 4.43. The number of benzene rings is 3. The second-order valence-electron chi connectivity index (χ2n) is 4.91. The van der Waals surface area contributed by atoms with Crippen molar-refractivity contribution in [2.45, 2.75) is 0 Å². The predicted octanol–water partition coefficient (Wildman–Crippen LogP) is 5.74. The lowest BCUT2D eigenvalue weighted by Crippen LogP contribution is -1.69. The zero-order valence-corrected chi connectivity index (χ0v) is 11.3. The molecule has 0 bridgehead atoms. The zero-order valence-electron chi connectivity index (χ0n) is 11.3. The number of para-hydroxylation sites is 1. The molecule has 3 aromatic carbocycles. The normalized spacial score (nSPS) is 11.6. The third-order valence-electron chi connectivity index (χ3n) is 3.54. The molecule has 4 aromatic rings. The topological polar surface area (TPSA) is 40.5 Å². The molecule has 1 aromatic heterocycles. The molecule has 21 heavy (non-hydrogen) atoms. The van der Waals surface area contributed by atoms with Crippen molar-refractivity contribution in [2.24, 2.45) is 10.2 Å². The van der Waals surface area contributed by atoms with E-state index in [1.54, 1.807) is 0 Å². The number of aromatic nitrogens is 1. The van der Waals surface area contributed by atoms with Crippen molar-refractivity contribution in [1.82, 2.24) is 4.98 Å². The van der Waals surface area contributed by atoms with Gasteiger partial charge in [0.05, 0.1) is 11.4 Å². The van der Waals surface area contributed by atoms with Crippen LogP contribution in [0.15, 0.2) is 83.0 Å². The summed E-state index contributed by atoms with van der Waals surface area (Å²) < 4.78 is 0. The van der Waals surface area contributed by atoms with Gasteiger partial charge in [0.15, 0.2) is 0 Å². The summed E-state index contributed by atoms with van der Waals surface area (Å²) >= 11 is 0. The molecule has 0 saturated heterocycles. The minimum Gasteiger partial charge on any atom is -0.354 e. The summed E-state index contributed by atoms with van der Waals surface area (Å²) in [6.07, 6.45) is 0. The molecule has 0 aliphatic heterocycles. The Morgan fingerprint density at radius 1 is 0.619 bits per heavy atom. The summed E-state index contributed by atoms with van der Waals surface area (Å²) in [5.41, 5.74) is 3.94. The summed E-state index contributed by atoms with van der Waals surface area (Å²) in [5.74, 6) is 0. The van der Waals surface area contributed by atoms with Crippen molar-refractivity contribution in [2.75, 3.05) is 0 Å². The smallest absolute Gasteiger partial charge is 0.0957 e. The van der Waals surface area contributed by atoms with E-state index in [9.17, 15) is 0 Å². The SMILES string of the molecule is c1ccc(N=Nc2cccc3[nH]c4ccccc4c23)cc1. The summed E-state index contributed by atoms with van der Waals surface area (Å²) in [6.45, 7) is 0. The molecule has 0 saturated carbocycles. The highest BCUT2D eigenvalue weighted by Gasteiger charge is 2.07. The Balaban J connectivity index is 1.90. The number of hydrogen-bond acceptors (Lipinski definition) is 2. The van der Waals surface area contributed by atoms with Crippen LogP contribution in [0.1, 0.15) is 0 Å². The van der Waals surface area contributed by atoms with E-state index >= 15 is 0 Å². The number of fused-ring (bicyclic) bond motifs is 3. The number of hydrogen-bond donors (Lipinski definition) is 1. The lowest BCUT2D eigenvalue weighted by molar-refractivity contribution is 1.24. The highest BCUT2D eigenvalue weighted by molar-refractivity contribution is 6.12. The summed E-state index contributed by atoms with van der Waals surface area (Å²) in [5, 5.41) is 11.1. The molecule has 100 valence electrons. The molecule has 0 spiro atoms. The number of nitrogens with one attached hydrogen (secondary N) is 1. The lowest BCUT2D eigenvalue weighted by atomic mass is 10.1. The Hall–Kier alpha value is -2.94. The molecule has 0 atom stereocenters. The highest BCUT2D eigenvalue weighted by atomic mass is 15.1. The van der Waals surface area contributed by atoms with Gasteiger partial charge in [0, 0.05) is 21.8 Å². The van der Waals surface area contributed by atoms with Crippen LogP contribution in [-0.2, 0) is 0 Å². The van der Waals surface area contributed by atoms with E-state index in [1.165, 1.54) is 5.39 Å². The fourth-order valence-corrected chi connectivity index (χ4v) is 2.57. The second kappa shape index (κ2) is 4.87. The van der Waals surface area contributed by atoms with Gasteiger partial charge >= 0.3 is 0 Å². The first-order valence-corrected chi connectivity index (χ1v) is 6.88. The van der Waals surface area contributed by atoms with Crippen LogP contribution in [0.2, 0.25) is 0 Å². The van der Waals surface area contributed by atoms with E-state index in [4.69, 9.17) is 0 Å². The third kappa shape index (κ3) is 2.09. The Morgan fingerprint density at radius 2 is 1.38 bits per heavy atom. The number of aromatic amines is 1. The highest BCUT2D eigenvalue weighted by Crippen LogP contribution is 2.33. The van der Waals surface area contributed by atoms with Gasteiger partial charge in [-0.2, -0.15) is 5.11 Å². The minimum atomic E-state index is 0.856. The number of rotatable bonds is 2. The van der Waals surface area contributed by atoms with Crippen LogP contribution in [0.4, 0.5) is 11.4 Å². The van der Waals surface area contributed by atoms with Gasteiger partial charge in [0.1, 0.15) is 0 Å². The van der Waals surface area contributed by atoms with Gasteiger partial charge in [0.25, 0.3) is 0 Å². The number of H-pyrrole nitrogens is 1. The van der Waals surface area contributed by atoms with E-state index in [0.717, 1.165) is 27.8 Å². The van der Waals surface area contributed by atoms with Gasteiger partial charge in [-0.3, -0.25) is 0 Å². The van der Waals surface area contributed by atoms with E-state index in [-0.39, 0.29) is 0 Å². The molecule has 0 amide bonds. The van der Waals surface area contributed by atoms with Gasteiger partial charge in [-0.1, -0.05) is 42.5 Å². The van der Waals surface area contributed by atoms with Gasteiger partial charge in [-0.25, -0.2) is 0 Å². The predicted molar refractivity (Wildman–Crippen MR) is 86.4 cm³/mol. The van der Waals surface area contributed by atoms with Crippen LogP contribution in [0.25, 0.3) is 21.8 Å². The van der Waals surface area contributed by atoms with Gasteiger partial charge in [-0.15, -0.1) is 5.11 Å². The van der Waals surface area contributed by atoms with Crippen molar-refractivity contribution >= 4 is 33.2 Å². The lowest BCUT2D eigenvalue weighted by Gasteiger charge is -1.97. The largest absolute Gasteiger partial charge is 0.354 e. The van der Waals surface area contributed by atoms with Crippen molar-refractivity contribution in [3.63, 3.8) is 0 Å². The molecule has 0 radical (unpaired) electrons. The number of nitrogens with zero attached hydrogens (tertiary/aromatic N) is 2. The molecule has 0 fully saturated rings. The summed E-state index contributed by atoms with van der Waals surface area (Å²) in [7, 11) is 0. The fraction of sp³-hybridized carbons (Fsp3) is 0. The molecular formula is C18H13N3. The molecule has 0 aliphatic rings. The Morgan fingerprint density at radius 3 is 2.29 bits per heavy atom. The standard InChI is InChI=1S/C18H13N3/c1-2-7-13(8-3-1)20-21-17-12-6-11-16-18(17)14-9-4-5-10-15(14)19-16/h1-12,19H. The monoisotopic (exact) mass is 271 g/mol. The molecule has 1 N–H and O–H groups in total. The zero-order chi connectivity index (χ0) is 14.1. The van der Waals surface area contributed by atoms with Crippen LogP contribution in [-0.4, -0.2) is 4.98 Å². The molecule has 4 rings (SSSR count). The van der Waals surface area contributed by atoms with Gasteiger partial charge in [-0.05, 0) is 30.3 Å². The van der Waals surface area contributed by atoms with Crippen molar-refractivity contribution in [3.05, 3.63) is 72.8 Å². The quantitative estimate of drug-likeness (QED) is 0.452. The first-order valence-electron chi connectivity index (χ1n) is 6.88. The summed E-state index contributed by atoms with van der Waals surface area (Å²) in [4.78, 5) is 3.41. The first kappa shape index (κ1) is 11.9. The Labute approximate surface area is 122 Å². The minimum absolute atomic E-state index is 0.856.